The maximum absolute atomic E-state index is 12.8. The minimum absolute atomic E-state index is 0.140. The fraction of sp³-hybridized carbons (Fsp3) is 0.333. The van der Waals surface area contributed by atoms with Crippen molar-refractivity contribution in [3.8, 4) is 11.8 Å². The Morgan fingerprint density at radius 3 is 2.41 bits per heavy atom. The molecule has 0 spiro atoms. The highest BCUT2D eigenvalue weighted by atomic mass is 35.5. The van der Waals surface area contributed by atoms with E-state index in [9.17, 15) is 28.2 Å². The molecule has 0 radical (unpaired) electrons. The van der Waals surface area contributed by atoms with Crippen molar-refractivity contribution in [1.29, 1.82) is 0 Å². The van der Waals surface area contributed by atoms with Gasteiger partial charge in [-0.3, -0.25) is 10.2 Å². The van der Waals surface area contributed by atoms with Gasteiger partial charge in [-0.15, -0.1) is 0 Å². The number of hydrogen-bond acceptors (Lipinski definition) is 5. The number of nitrogens with zero attached hydrogens (tertiary/aromatic N) is 3. The van der Waals surface area contributed by atoms with Crippen LogP contribution >= 0.6 is 11.6 Å². The van der Waals surface area contributed by atoms with Crippen LogP contribution in [0.5, 0.6) is 11.8 Å². The van der Waals surface area contributed by atoms with Crippen LogP contribution in [0.15, 0.2) is 18.2 Å². The summed E-state index contributed by atoms with van der Waals surface area (Å²) in [5.74, 6) is -1.28. The molecule has 1 amide bonds. The Balaban J connectivity index is 2.33. The van der Waals surface area contributed by atoms with E-state index in [-0.39, 0.29) is 22.9 Å². The van der Waals surface area contributed by atoms with E-state index < -0.39 is 28.7 Å². The summed E-state index contributed by atoms with van der Waals surface area (Å²) in [6.45, 7) is 6.18. The zero-order valence-electron chi connectivity index (χ0n) is 15.9. The number of nitrogens with one attached hydrogen (secondary N) is 1. The number of carbonyl (C=O) groups excluding carboxylic acids is 1. The molecule has 0 aliphatic carbocycles. The van der Waals surface area contributed by atoms with Crippen LogP contribution < -0.4 is 5.43 Å². The van der Waals surface area contributed by atoms with Crippen LogP contribution in [0.3, 0.4) is 0 Å². The molecule has 7 nitrogen and oxygen atoms in total. The van der Waals surface area contributed by atoms with Gasteiger partial charge in [-0.25, -0.2) is 4.98 Å². The van der Waals surface area contributed by atoms with Gasteiger partial charge in [-0.05, 0) is 39.0 Å². The second kappa shape index (κ2) is 8.64. The third-order valence-corrected chi connectivity index (χ3v) is 4.54. The third-order valence-electron chi connectivity index (χ3n) is 4.25. The number of carbonyl (C=O) groups is 1. The number of halogens is 4. The lowest BCUT2D eigenvalue weighted by Crippen LogP contribution is -2.28. The average Bonchev–Trinajstić information content (AvgIpc) is 2.83. The van der Waals surface area contributed by atoms with Gasteiger partial charge in [0.05, 0.1) is 5.56 Å². The second-order valence-electron chi connectivity index (χ2n) is 6.01. The van der Waals surface area contributed by atoms with Crippen molar-refractivity contribution in [3.63, 3.8) is 0 Å². The number of pyridine rings is 1. The smallest absolute Gasteiger partial charge is 0.419 e. The maximum Gasteiger partial charge on any atom is 0.419 e. The van der Waals surface area contributed by atoms with Gasteiger partial charge >= 0.3 is 6.18 Å². The predicted octanol–water partition coefficient (Wildman–Crippen LogP) is 4.03. The van der Waals surface area contributed by atoms with E-state index in [1.54, 1.807) is 4.90 Å². The molecule has 2 rings (SSSR count). The number of hydrogen-bond donors (Lipinski definition) is 3. The van der Waals surface area contributed by atoms with Gasteiger partial charge in [-0.1, -0.05) is 11.6 Å². The van der Waals surface area contributed by atoms with Crippen LogP contribution in [-0.2, 0) is 11.0 Å². The second-order valence-corrected chi connectivity index (χ2v) is 6.37. The Kier molecular flexibility index (Phi) is 6.68. The summed E-state index contributed by atoms with van der Waals surface area (Å²) in [6, 6.07) is 1.73. The van der Waals surface area contributed by atoms with Crippen LogP contribution in [-0.4, -0.2) is 43.8 Å². The van der Waals surface area contributed by atoms with Gasteiger partial charge in [0.25, 0.3) is 0 Å². The molecule has 0 aliphatic heterocycles. The van der Waals surface area contributed by atoms with Crippen LogP contribution in [0.25, 0.3) is 6.08 Å². The molecule has 0 saturated heterocycles. The Labute approximate surface area is 170 Å². The summed E-state index contributed by atoms with van der Waals surface area (Å²) in [7, 11) is 0. The van der Waals surface area contributed by atoms with Crippen molar-refractivity contribution in [2.75, 3.05) is 18.5 Å². The Hall–Kier alpha value is -2.88. The first-order chi connectivity index (χ1) is 13.5. The van der Waals surface area contributed by atoms with Crippen molar-refractivity contribution < 1.29 is 28.2 Å². The number of aromatic nitrogens is 2. The van der Waals surface area contributed by atoms with Crippen molar-refractivity contribution >= 4 is 29.4 Å². The maximum atomic E-state index is 12.8. The SMILES string of the molecule is CCN(CC)C(=O)C=Cc1c(C)c(O)n(Nc2ccc(C(F)(F)F)c(Cl)n2)c1O. The lowest BCUT2D eigenvalue weighted by molar-refractivity contribution is -0.137. The van der Waals surface area contributed by atoms with Crippen LogP contribution in [0.4, 0.5) is 19.0 Å². The summed E-state index contributed by atoms with van der Waals surface area (Å²) in [4.78, 5) is 17.2. The summed E-state index contributed by atoms with van der Waals surface area (Å²) in [5.41, 5.74) is 1.78. The molecule has 0 saturated carbocycles. The Morgan fingerprint density at radius 1 is 1.28 bits per heavy atom. The van der Waals surface area contributed by atoms with Gasteiger partial charge in [-0.2, -0.15) is 17.8 Å². The topological polar surface area (TPSA) is 90.6 Å². The number of likely N-dealkylation sites (N-methyl/N-ethyl adjacent to an activating group) is 1. The zero-order chi connectivity index (χ0) is 21.9. The van der Waals surface area contributed by atoms with Gasteiger partial charge < -0.3 is 15.1 Å². The minimum Gasteiger partial charge on any atom is -0.493 e. The third kappa shape index (κ3) is 4.76. The first-order valence-corrected chi connectivity index (χ1v) is 8.99. The van der Waals surface area contributed by atoms with E-state index in [1.165, 1.54) is 19.1 Å². The summed E-state index contributed by atoms with van der Waals surface area (Å²) in [6.07, 6.45) is -2.06. The zero-order valence-corrected chi connectivity index (χ0v) is 16.6. The molecular formula is C18H20ClF3N4O3. The largest absolute Gasteiger partial charge is 0.493 e. The average molecular weight is 433 g/mol. The molecule has 2 aromatic heterocycles. The molecular weight excluding hydrogens is 413 g/mol. The number of alkyl halides is 3. The van der Waals surface area contributed by atoms with E-state index in [4.69, 9.17) is 11.6 Å². The number of aromatic hydroxyl groups is 2. The monoisotopic (exact) mass is 432 g/mol. The Morgan fingerprint density at radius 2 is 1.90 bits per heavy atom. The number of rotatable bonds is 6. The molecule has 3 N–H and O–H groups in total. The lowest BCUT2D eigenvalue weighted by Gasteiger charge is -2.15. The van der Waals surface area contributed by atoms with E-state index in [0.29, 0.717) is 13.1 Å². The molecule has 0 bridgehead atoms. The fourth-order valence-corrected chi connectivity index (χ4v) is 2.86. The first-order valence-electron chi connectivity index (χ1n) is 8.62. The molecule has 0 fully saturated rings. The van der Waals surface area contributed by atoms with Crippen molar-refractivity contribution in [1.82, 2.24) is 14.6 Å². The van der Waals surface area contributed by atoms with Crippen molar-refractivity contribution in [3.05, 3.63) is 40.1 Å². The first kappa shape index (κ1) is 22.4. The predicted molar refractivity (Wildman–Crippen MR) is 103 cm³/mol. The molecule has 158 valence electrons. The number of anilines is 1. The van der Waals surface area contributed by atoms with E-state index in [1.807, 2.05) is 13.8 Å². The van der Waals surface area contributed by atoms with E-state index in [2.05, 4.69) is 10.4 Å². The molecule has 2 heterocycles. The van der Waals surface area contributed by atoms with Gasteiger partial charge in [0.1, 0.15) is 11.0 Å². The highest BCUT2D eigenvalue weighted by Gasteiger charge is 2.34. The molecule has 11 heteroatoms. The van der Waals surface area contributed by atoms with Crippen molar-refractivity contribution in [2.45, 2.75) is 26.9 Å². The van der Waals surface area contributed by atoms with Crippen molar-refractivity contribution in [2.24, 2.45) is 0 Å². The normalized spacial score (nSPS) is 11.8. The lowest BCUT2D eigenvalue weighted by atomic mass is 10.2. The van der Waals surface area contributed by atoms with Crippen LogP contribution in [0.1, 0.15) is 30.5 Å². The summed E-state index contributed by atoms with van der Waals surface area (Å²) < 4.78 is 39.2. The van der Waals surface area contributed by atoms with Gasteiger partial charge in [0.15, 0.2) is 0 Å². The quantitative estimate of drug-likeness (QED) is 0.473. The number of amides is 1. The summed E-state index contributed by atoms with van der Waals surface area (Å²) in [5, 5.41) is 19.9. The van der Waals surface area contributed by atoms with E-state index in [0.717, 1.165) is 16.8 Å². The molecule has 0 aromatic carbocycles. The van der Waals surface area contributed by atoms with Gasteiger partial charge in [0.2, 0.25) is 17.7 Å². The highest BCUT2D eigenvalue weighted by Crippen LogP contribution is 2.36. The molecule has 0 aliphatic rings. The highest BCUT2D eigenvalue weighted by molar-refractivity contribution is 6.30. The molecule has 0 unspecified atom stereocenters. The van der Waals surface area contributed by atoms with Crippen LogP contribution in [0, 0.1) is 6.92 Å². The molecule has 0 atom stereocenters. The minimum atomic E-state index is -4.66. The Bertz CT molecular complexity index is 937. The fourth-order valence-electron chi connectivity index (χ4n) is 2.60. The van der Waals surface area contributed by atoms with E-state index >= 15 is 0 Å². The summed E-state index contributed by atoms with van der Waals surface area (Å²) >= 11 is 5.58. The molecule has 29 heavy (non-hydrogen) atoms. The standard InChI is InChI=1S/C18H20ClF3N4O3/c1-4-25(5-2)14(27)9-6-11-10(3)16(28)26(17(11)29)24-13-8-7-12(15(19)23-13)18(20,21)22/h6-9,28-29H,4-5H2,1-3H3,(H,23,24). The molecule has 2 aromatic rings. The van der Waals surface area contributed by atoms with Gasteiger partial charge in [0, 0.05) is 30.3 Å². The van der Waals surface area contributed by atoms with Crippen LogP contribution in [0.2, 0.25) is 5.15 Å².